The van der Waals surface area contributed by atoms with E-state index in [4.69, 9.17) is 11.6 Å². The second-order valence-corrected chi connectivity index (χ2v) is 10.2. The molecule has 0 spiro atoms. The van der Waals surface area contributed by atoms with Crippen LogP contribution in [-0.4, -0.2) is 34.9 Å². The number of halogens is 1. The molecule has 32 heavy (non-hydrogen) atoms. The van der Waals surface area contributed by atoms with Crippen LogP contribution in [-0.2, 0) is 16.6 Å². The number of para-hydroxylation sites is 1. The molecule has 1 fully saturated rings. The lowest BCUT2D eigenvalue weighted by molar-refractivity contribution is 0.469. The minimum Gasteiger partial charge on any atom is -0.325 e. The van der Waals surface area contributed by atoms with Crippen molar-refractivity contribution in [3.8, 4) is 5.69 Å². The SMILES string of the molecule is O=c1ccc2c(cc(S(=O)(=O)N3CCCC3)n2Cc2cccc(Cl)c2)n1-c1ccccc1. The first-order valence-electron chi connectivity index (χ1n) is 10.5. The first-order valence-corrected chi connectivity index (χ1v) is 12.3. The highest BCUT2D eigenvalue weighted by molar-refractivity contribution is 7.89. The highest BCUT2D eigenvalue weighted by atomic mass is 35.5. The second-order valence-electron chi connectivity index (χ2n) is 7.92. The van der Waals surface area contributed by atoms with Crippen LogP contribution in [0.25, 0.3) is 16.7 Å². The Morgan fingerprint density at radius 1 is 0.844 bits per heavy atom. The lowest BCUT2D eigenvalue weighted by atomic mass is 10.2. The topological polar surface area (TPSA) is 64.3 Å². The van der Waals surface area contributed by atoms with E-state index in [1.807, 2.05) is 48.5 Å². The van der Waals surface area contributed by atoms with Gasteiger partial charge < -0.3 is 4.57 Å². The van der Waals surface area contributed by atoms with Gasteiger partial charge in [0, 0.05) is 42.5 Å². The summed E-state index contributed by atoms with van der Waals surface area (Å²) in [5.41, 5.74) is 2.59. The van der Waals surface area contributed by atoms with Crippen LogP contribution in [0.5, 0.6) is 0 Å². The molecular weight excluding hydrogens is 446 g/mol. The smallest absolute Gasteiger partial charge is 0.258 e. The van der Waals surface area contributed by atoms with Crippen LogP contribution in [0.2, 0.25) is 5.02 Å². The van der Waals surface area contributed by atoms with Crippen LogP contribution in [0.15, 0.2) is 82.6 Å². The Morgan fingerprint density at radius 3 is 2.31 bits per heavy atom. The number of benzene rings is 2. The van der Waals surface area contributed by atoms with Crippen molar-refractivity contribution < 1.29 is 8.42 Å². The summed E-state index contributed by atoms with van der Waals surface area (Å²) in [6.07, 6.45) is 1.70. The number of fused-ring (bicyclic) bond motifs is 1. The quantitative estimate of drug-likeness (QED) is 0.440. The summed E-state index contributed by atoms with van der Waals surface area (Å²) in [6, 6.07) is 21.4. The molecule has 164 valence electrons. The average molecular weight is 468 g/mol. The molecule has 1 aliphatic heterocycles. The molecule has 6 nitrogen and oxygen atoms in total. The zero-order chi connectivity index (χ0) is 22.3. The van der Waals surface area contributed by atoms with Crippen LogP contribution in [0.1, 0.15) is 18.4 Å². The minimum atomic E-state index is -3.73. The van der Waals surface area contributed by atoms with Crippen LogP contribution in [0.3, 0.4) is 0 Å². The van der Waals surface area contributed by atoms with Gasteiger partial charge in [0.05, 0.1) is 11.0 Å². The monoisotopic (exact) mass is 467 g/mol. The molecule has 0 atom stereocenters. The number of aromatic nitrogens is 2. The van der Waals surface area contributed by atoms with Gasteiger partial charge in [0.25, 0.3) is 15.6 Å². The molecule has 0 saturated carbocycles. The maximum Gasteiger partial charge on any atom is 0.258 e. The third kappa shape index (κ3) is 3.66. The molecule has 8 heteroatoms. The molecule has 2 aromatic carbocycles. The van der Waals surface area contributed by atoms with Crippen LogP contribution in [0, 0.1) is 0 Å². The number of rotatable bonds is 5. The fourth-order valence-electron chi connectivity index (χ4n) is 4.32. The second kappa shape index (κ2) is 8.24. The van der Waals surface area contributed by atoms with Crippen LogP contribution < -0.4 is 5.56 Å². The fourth-order valence-corrected chi connectivity index (χ4v) is 6.24. The number of hydrogen-bond acceptors (Lipinski definition) is 3. The molecule has 0 N–H and O–H groups in total. The molecular formula is C24H22ClN3O3S. The van der Waals surface area contributed by atoms with E-state index in [0.717, 1.165) is 18.4 Å². The normalized spacial score (nSPS) is 14.9. The molecule has 0 amide bonds. The number of sulfonamides is 1. The van der Waals surface area contributed by atoms with Gasteiger partial charge >= 0.3 is 0 Å². The van der Waals surface area contributed by atoms with Gasteiger partial charge in [-0.1, -0.05) is 41.9 Å². The third-order valence-electron chi connectivity index (χ3n) is 5.84. The van der Waals surface area contributed by atoms with Crippen molar-refractivity contribution in [1.82, 2.24) is 13.4 Å². The molecule has 2 aromatic heterocycles. The van der Waals surface area contributed by atoms with E-state index >= 15 is 0 Å². The van der Waals surface area contributed by atoms with Crippen molar-refractivity contribution in [2.75, 3.05) is 13.1 Å². The molecule has 5 rings (SSSR count). The van der Waals surface area contributed by atoms with E-state index in [0.29, 0.717) is 41.4 Å². The average Bonchev–Trinajstić information content (AvgIpc) is 3.44. The summed E-state index contributed by atoms with van der Waals surface area (Å²) in [4.78, 5) is 12.8. The van der Waals surface area contributed by atoms with Gasteiger partial charge in [0.1, 0.15) is 0 Å². The molecule has 0 bridgehead atoms. The highest BCUT2D eigenvalue weighted by Gasteiger charge is 2.31. The Balaban J connectivity index is 1.78. The van der Waals surface area contributed by atoms with E-state index in [9.17, 15) is 13.2 Å². The predicted octanol–water partition coefficient (Wildman–Crippen LogP) is 4.28. The van der Waals surface area contributed by atoms with Crippen molar-refractivity contribution in [1.29, 1.82) is 0 Å². The first kappa shape index (κ1) is 21.0. The number of pyridine rings is 1. The number of nitrogens with zero attached hydrogens (tertiary/aromatic N) is 3. The van der Waals surface area contributed by atoms with Gasteiger partial charge in [-0.25, -0.2) is 8.42 Å². The summed E-state index contributed by atoms with van der Waals surface area (Å²) in [7, 11) is -3.73. The van der Waals surface area contributed by atoms with Gasteiger partial charge in [-0.2, -0.15) is 4.31 Å². The van der Waals surface area contributed by atoms with Crippen molar-refractivity contribution in [3.05, 3.63) is 93.7 Å². The summed E-state index contributed by atoms with van der Waals surface area (Å²) < 4.78 is 32.1. The Bertz CT molecular complexity index is 1450. The molecule has 0 radical (unpaired) electrons. The van der Waals surface area contributed by atoms with Gasteiger partial charge in [0.15, 0.2) is 5.03 Å². The van der Waals surface area contributed by atoms with Crippen molar-refractivity contribution in [3.63, 3.8) is 0 Å². The third-order valence-corrected chi connectivity index (χ3v) is 7.98. The van der Waals surface area contributed by atoms with Gasteiger partial charge in [-0.15, -0.1) is 0 Å². The molecule has 4 aromatic rings. The summed E-state index contributed by atoms with van der Waals surface area (Å²) in [5.74, 6) is 0. The Kier molecular flexibility index (Phi) is 5.41. The summed E-state index contributed by atoms with van der Waals surface area (Å²) in [6.45, 7) is 1.33. The lowest BCUT2D eigenvalue weighted by Gasteiger charge is -2.18. The van der Waals surface area contributed by atoms with E-state index in [-0.39, 0.29) is 10.6 Å². The van der Waals surface area contributed by atoms with Crippen LogP contribution in [0.4, 0.5) is 0 Å². The highest BCUT2D eigenvalue weighted by Crippen LogP contribution is 2.29. The molecule has 1 aliphatic rings. The van der Waals surface area contributed by atoms with Gasteiger partial charge in [-0.05, 0) is 48.7 Å². The van der Waals surface area contributed by atoms with E-state index < -0.39 is 10.0 Å². The van der Waals surface area contributed by atoms with E-state index in [2.05, 4.69) is 0 Å². The van der Waals surface area contributed by atoms with Gasteiger partial charge in [0.2, 0.25) is 0 Å². The molecule has 0 unspecified atom stereocenters. The van der Waals surface area contributed by atoms with Gasteiger partial charge in [-0.3, -0.25) is 9.36 Å². The zero-order valence-electron chi connectivity index (χ0n) is 17.3. The maximum atomic E-state index is 13.6. The molecule has 3 heterocycles. The predicted molar refractivity (Wildman–Crippen MR) is 126 cm³/mol. The van der Waals surface area contributed by atoms with Crippen molar-refractivity contribution in [2.45, 2.75) is 24.4 Å². The van der Waals surface area contributed by atoms with E-state index in [1.165, 1.54) is 10.4 Å². The van der Waals surface area contributed by atoms with Crippen LogP contribution >= 0.6 is 11.6 Å². The fraction of sp³-hybridized carbons (Fsp3) is 0.208. The van der Waals surface area contributed by atoms with Crippen molar-refractivity contribution >= 4 is 32.7 Å². The Morgan fingerprint density at radius 2 is 1.59 bits per heavy atom. The first-order chi connectivity index (χ1) is 15.4. The lowest BCUT2D eigenvalue weighted by Crippen LogP contribution is -2.29. The Labute approximate surface area is 191 Å². The molecule has 0 aliphatic carbocycles. The minimum absolute atomic E-state index is 0.185. The number of hydrogen-bond donors (Lipinski definition) is 0. The largest absolute Gasteiger partial charge is 0.325 e. The van der Waals surface area contributed by atoms with Crippen molar-refractivity contribution in [2.24, 2.45) is 0 Å². The van der Waals surface area contributed by atoms with E-state index in [1.54, 1.807) is 27.3 Å². The zero-order valence-corrected chi connectivity index (χ0v) is 18.9. The summed E-state index contributed by atoms with van der Waals surface area (Å²) >= 11 is 6.18. The maximum absolute atomic E-state index is 13.6. The summed E-state index contributed by atoms with van der Waals surface area (Å²) in [5, 5.41) is 0.772. The standard InChI is InChI=1S/C24H22ClN3O3S/c25-19-8-6-7-18(15-19)17-27-21-11-12-23(29)28(20-9-2-1-3-10-20)22(21)16-24(27)32(30,31)26-13-4-5-14-26/h1-3,6-12,15-16H,4-5,13-14,17H2. The Hall–Kier alpha value is -2.87. The molecule has 1 saturated heterocycles.